The highest BCUT2D eigenvalue weighted by molar-refractivity contribution is 7.47. The van der Waals surface area contributed by atoms with Gasteiger partial charge in [-0.3, -0.25) is 13.8 Å². The average molecular weight is 581 g/mol. The smallest absolute Gasteiger partial charge is 0.474 e. The molecule has 2 atom stereocenters. The van der Waals surface area contributed by atoms with E-state index in [1.807, 2.05) is 18.2 Å². The number of hydrogen-bond donors (Lipinski definition) is 2. The summed E-state index contributed by atoms with van der Waals surface area (Å²) in [6.45, 7) is 10.1. The van der Waals surface area contributed by atoms with Gasteiger partial charge in [-0.05, 0) is 69.2 Å². The van der Waals surface area contributed by atoms with Crippen LogP contribution in [0, 0.1) is 0 Å². The van der Waals surface area contributed by atoms with Crippen LogP contribution in [0.5, 0.6) is 11.6 Å². The standard InChI is InChI=1S/C29H33N4O7P/c1-8-26(34)32-22-11-20(12-23(15-22)37-6)21-13-24-25(19-9-10-30-27(14-19)38-7)17-33(28(24)31-16-21)18(2)39-41(35,36)40-29(3,4)5/h8-18H,1H2,2-7H3,(H,32,34)(H,35,36). The lowest BCUT2D eigenvalue weighted by Gasteiger charge is -2.25. The van der Waals surface area contributed by atoms with Gasteiger partial charge in [0.05, 0.1) is 19.8 Å². The molecule has 216 valence electrons. The number of aromatic nitrogens is 3. The van der Waals surface area contributed by atoms with Crippen LogP contribution in [0.4, 0.5) is 5.69 Å². The van der Waals surface area contributed by atoms with E-state index >= 15 is 0 Å². The minimum atomic E-state index is -4.41. The second-order valence-electron chi connectivity index (χ2n) is 10.2. The fourth-order valence-electron chi connectivity index (χ4n) is 4.25. The van der Waals surface area contributed by atoms with E-state index in [4.69, 9.17) is 23.5 Å². The molecule has 4 rings (SSSR count). The van der Waals surface area contributed by atoms with Crippen molar-refractivity contribution in [1.82, 2.24) is 14.5 Å². The first-order valence-corrected chi connectivity index (χ1v) is 14.2. The molecule has 0 aliphatic rings. The van der Waals surface area contributed by atoms with Crippen molar-refractivity contribution in [1.29, 1.82) is 0 Å². The van der Waals surface area contributed by atoms with Gasteiger partial charge >= 0.3 is 7.82 Å². The second kappa shape index (κ2) is 11.8. The van der Waals surface area contributed by atoms with Gasteiger partial charge in [-0.25, -0.2) is 14.5 Å². The maximum Gasteiger partial charge on any atom is 0.474 e. The van der Waals surface area contributed by atoms with Crippen LogP contribution >= 0.6 is 7.82 Å². The molecule has 0 spiro atoms. The SMILES string of the molecule is C=CC(=O)Nc1cc(OC)cc(-c2cnc3c(c2)c(-c2ccnc(OC)c2)cn3C(C)OP(=O)(O)OC(C)(C)C)c1. The third-order valence-electron chi connectivity index (χ3n) is 5.92. The zero-order valence-corrected chi connectivity index (χ0v) is 24.6. The highest BCUT2D eigenvalue weighted by Gasteiger charge is 2.32. The minimum Gasteiger partial charge on any atom is -0.497 e. The Balaban J connectivity index is 1.86. The summed E-state index contributed by atoms with van der Waals surface area (Å²) in [7, 11) is -1.34. The molecule has 11 nitrogen and oxygen atoms in total. The molecule has 4 aromatic rings. The van der Waals surface area contributed by atoms with Crippen molar-refractivity contribution in [2.75, 3.05) is 19.5 Å². The predicted molar refractivity (Wildman–Crippen MR) is 157 cm³/mol. The second-order valence-corrected chi connectivity index (χ2v) is 11.5. The number of anilines is 1. The first-order chi connectivity index (χ1) is 19.3. The molecular formula is C29H33N4O7P. The Morgan fingerprint density at radius 3 is 2.51 bits per heavy atom. The molecule has 41 heavy (non-hydrogen) atoms. The molecule has 0 bridgehead atoms. The lowest BCUT2D eigenvalue weighted by atomic mass is 10.0. The van der Waals surface area contributed by atoms with E-state index in [9.17, 15) is 14.3 Å². The van der Waals surface area contributed by atoms with Crippen molar-refractivity contribution in [3.63, 3.8) is 0 Å². The molecule has 1 aromatic carbocycles. The Bertz CT molecular complexity index is 1640. The van der Waals surface area contributed by atoms with E-state index in [1.165, 1.54) is 13.2 Å². The van der Waals surface area contributed by atoms with Crippen molar-refractivity contribution < 1.29 is 32.8 Å². The predicted octanol–water partition coefficient (Wildman–Crippen LogP) is 6.36. The Kier molecular flexibility index (Phi) is 8.65. The van der Waals surface area contributed by atoms with Crippen LogP contribution in [-0.4, -0.2) is 45.2 Å². The summed E-state index contributed by atoms with van der Waals surface area (Å²) in [6, 6.07) is 10.9. The zero-order valence-electron chi connectivity index (χ0n) is 23.7. The highest BCUT2D eigenvalue weighted by Crippen LogP contribution is 2.50. The van der Waals surface area contributed by atoms with Gasteiger partial charge in [0.1, 0.15) is 17.6 Å². The highest BCUT2D eigenvalue weighted by atomic mass is 31.2. The van der Waals surface area contributed by atoms with Crippen LogP contribution in [0.2, 0.25) is 0 Å². The van der Waals surface area contributed by atoms with E-state index < -0.39 is 19.7 Å². The number of phosphoric acid groups is 1. The fourth-order valence-corrected chi connectivity index (χ4v) is 5.47. The molecule has 0 saturated carbocycles. The van der Waals surface area contributed by atoms with E-state index in [1.54, 1.807) is 76.2 Å². The van der Waals surface area contributed by atoms with E-state index in [2.05, 4.69) is 16.9 Å². The third-order valence-corrected chi connectivity index (χ3v) is 7.27. The van der Waals surface area contributed by atoms with Gasteiger partial charge in [0.25, 0.3) is 0 Å². The summed E-state index contributed by atoms with van der Waals surface area (Å²) in [5.74, 6) is 0.609. The van der Waals surface area contributed by atoms with Crippen molar-refractivity contribution in [2.45, 2.75) is 39.5 Å². The number of rotatable bonds is 10. The van der Waals surface area contributed by atoms with Crippen LogP contribution in [0.1, 0.15) is 33.9 Å². The summed E-state index contributed by atoms with van der Waals surface area (Å²) in [5.41, 5.74) is 3.17. The monoisotopic (exact) mass is 580 g/mol. The van der Waals surface area contributed by atoms with E-state index in [-0.39, 0.29) is 5.91 Å². The number of ether oxygens (including phenoxy) is 2. The fraction of sp³-hybridized carbons (Fsp3) is 0.276. The minimum absolute atomic E-state index is 0.352. The molecule has 1 amide bonds. The Morgan fingerprint density at radius 2 is 1.85 bits per heavy atom. The van der Waals surface area contributed by atoms with Gasteiger partial charge in [0.15, 0.2) is 0 Å². The summed E-state index contributed by atoms with van der Waals surface area (Å²) in [4.78, 5) is 31.3. The average Bonchev–Trinajstić information content (AvgIpc) is 3.30. The molecule has 0 aliphatic carbocycles. The molecule has 3 aromatic heterocycles. The third kappa shape index (κ3) is 7.20. The summed E-state index contributed by atoms with van der Waals surface area (Å²) in [6.07, 6.45) is 5.36. The molecule has 0 radical (unpaired) electrons. The van der Waals surface area contributed by atoms with Crippen LogP contribution < -0.4 is 14.8 Å². The van der Waals surface area contributed by atoms with Gasteiger partial charge in [-0.1, -0.05) is 6.58 Å². The maximum atomic E-state index is 12.7. The number of nitrogens with one attached hydrogen (secondary N) is 1. The normalized spacial score (nSPS) is 13.8. The number of carbonyl (C=O) groups is 1. The van der Waals surface area contributed by atoms with Crippen LogP contribution in [-0.2, 0) is 18.4 Å². The molecule has 2 N–H and O–H groups in total. The Labute approximate surface area is 238 Å². The molecule has 3 heterocycles. The number of hydrogen-bond acceptors (Lipinski definition) is 8. The van der Waals surface area contributed by atoms with Crippen molar-refractivity contribution in [3.8, 4) is 33.9 Å². The number of carbonyl (C=O) groups excluding carboxylic acids is 1. The number of phosphoric ester groups is 1. The Morgan fingerprint density at radius 1 is 1.10 bits per heavy atom. The molecule has 0 saturated heterocycles. The summed E-state index contributed by atoms with van der Waals surface area (Å²) >= 11 is 0. The number of pyridine rings is 2. The van der Waals surface area contributed by atoms with Crippen molar-refractivity contribution in [3.05, 3.63) is 67.6 Å². The van der Waals surface area contributed by atoms with Gasteiger partial charge < -0.3 is 24.3 Å². The topological polar surface area (TPSA) is 134 Å². The van der Waals surface area contributed by atoms with Crippen LogP contribution in [0.15, 0.2) is 67.6 Å². The first kappa shape index (κ1) is 30.0. The lowest BCUT2D eigenvalue weighted by molar-refractivity contribution is -0.111. The van der Waals surface area contributed by atoms with Gasteiger partial charge in [0.2, 0.25) is 11.8 Å². The van der Waals surface area contributed by atoms with Gasteiger partial charge in [-0.15, -0.1) is 0 Å². The van der Waals surface area contributed by atoms with Crippen LogP contribution in [0.3, 0.4) is 0 Å². The van der Waals surface area contributed by atoms with Crippen LogP contribution in [0.25, 0.3) is 33.3 Å². The van der Waals surface area contributed by atoms with Gasteiger partial charge in [0, 0.05) is 52.9 Å². The first-order valence-electron chi connectivity index (χ1n) is 12.7. The number of nitrogens with zero attached hydrogens (tertiary/aromatic N) is 3. The molecule has 12 heteroatoms. The maximum absolute atomic E-state index is 12.7. The lowest BCUT2D eigenvalue weighted by Crippen LogP contribution is -2.19. The zero-order chi connectivity index (χ0) is 29.9. The van der Waals surface area contributed by atoms with E-state index in [0.29, 0.717) is 23.0 Å². The number of amides is 1. The Hall–Kier alpha value is -4.02. The summed E-state index contributed by atoms with van der Waals surface area (Å²) < 4.78 is 36.0. The quantitative estimate of drug-likeness (QED) is 0.162. The van der Waals surface area contributed by atoms with Gasteiger partial charge in [-0.2, -0.15) is 0 Å². The largest absolute Gasteiger partial charge is 0.497 e. The molecular weight excluding hydrogens is 547 g/mol. The number of fused-ring (bicyclic) bond motifs is 1. The number of benzene rings is 1. The van der Waals surface area contributed by atoms with E-state index in [0.717, 1.165) is 27.6 Å². The molecule has 0 fully saturated rings. The van der Waals surface area contributed by atoms with Crippen molar-refractivity contribution >= 4 is 30.5 Å². The molecule has 2 unspecified atom stereocenters. The number of methoxy groups -OCH3 is 2. The molecule has 0 aliphatic heterocycles. The summed E-state index contributed by atoms with van der Waals surface area (Å²) in [5, 5.41) is 3.49. The van der Waals surface area contributed by atoms with Crippen molar-refractivity contribution in [2.24, 2.45) is 0 Å².